The Bertz CT molecular complexity index is 526. The number of hydrogen-bond donors (Lipinski definition) is 1. The van der Waals surface area contributed by atoms with E-state index in [1.165, 1.54) is 14.2 Å². The smallest absolute Gasteiger partial charge is 0.229 e. The molecule has 0 unspecified atom stereocenters. The van der Waals surface area contributed by atoms with E-state index < -0.39 is 5.91 Å². The highest BCUT2D eigenvalue weighted by molar-refractivity contribution is 5.79. The molecule has 5 nitrogen and oxygen atoms in total. The van der Waals surface area contributed by atoms with Crippen molar-refractivity contribution >= 4 is 12.2 Å². The van der Waals surface area contributed by atoms with Crippen molar-refractivity contribution in [3.8, 4) is 23.3 Å². The largest absolute Gasteiger partial charge is 0.493 e. The highest BCUT2D eigenvalue weighted by atomic mass is 16.5. The summed E-state index contributed by atoms with van der Waals surface area (Å²) in [6.07, 6.45) is 0.623. The molecule has 0 aromatic heterocycles. The van der Waals surface area contributed by atoms with Crippen LogP contribution in [0.25, 0.3) is 0 Å². The molecule has 1 aromatic rings. The lowest BCUT2D eigenvalue weighted by Crippen LogP contribution is -2.08. The van der Waals surface area contributed by atoms with Gasteiger partial charge in [-0.3, -0.25) is 9.59 Å². The predicted octanol–water partition coefficient (Wildman–Crippen LogP) is 0.743. The van der Waals surface area contributed by atoms with Crippen molar-refractivity contribution in [1.82, 2.24) is 0 Å². The van der Waals surface area contributed by atoms with Gasteiger partial charge in [-0.1, -0.05) is 11.8 Å². The minimum atomic E-state index is -0.514. The minimum Gasteiger partial charge on any atom is -0.493 e. The van der Waals surface area contributed by atoms with Gasteiger partial charge in [-0.2, -0.15) is 0 Å². The van der Waals surface area contributed by atoms with Crippen LogP contribution in [0.1, 0.15) is 22.3 Å². The maximum Gasteiger partial charge on any atom is 0.229 e. The number of nitrogens with two attached hydrogens (primary N) is 1. The van der Waals surface area contributed by atoms with Crippen LogP contribution in [0.2, 0.25) is 0 Å². The van der Waals surface area contributed by atoms with Crippen molar-refractivity contribution < 1.29 is 19.1 Å². The molecule has 0 aliphatic rings. The summed E-state index contributed by atoms with van der Waals surface area (Å²) in [6.45, 7) is 0. The molecule has 0 saturated carbocycles. The van der Waals surface area contributed by atoms with Crippen LogP contribution >= 0.6 is 0 Å². The first-order valence-electron chi connectivity index (χ1n) is 5.10. The van der Waals surface area contributed by atoms with Crippen molar-refractivity contribution in [2.24, 2.45) is 5.73 Å². The van der Waals surface area contributed by atoms with Crippen LogP contribution in [-0.2, 0) is 4.79 Å². The first kappa shape index (κ1) is 13.6. The number of rotatable bonds is 4. The second kappa shape index (κ2) is 6.30. The summed E-state index contributed by atoms with van der Waals surface area (Å²) in [7, 11) is 2.94. The molecule has 5 heteroatoms. The quantitative estimate of drug-likeness (QED) is 0.628. The Labute approximate surface area is 105 Å². The zero-order valence-corrected chi connectivity index (χ0v) is 10.1. The number of carbonyl (C=O) groups excluding carboxylic acids is 2. The molecule has 0 atom stereocenters. The number of methoxy groups -OCH3 is 2. The number of aldehydes is 1. The third-order valence-corrected chi connectivity index (χ3v) is 2.12. The number of ether oxygens (including phenoxy) is 2. The van der Waals surface area contributed by atoms with Crippen molar-refractivity contribution in [2.45, 2.75) is 6.42 Å². The van der Waals surface area contributed by atoms with Gasteiger partial charge in [0, 0.05) is 5.56 Å². The summed E-state index contributed by atoms with van der Waals surface area (Å²) in [5, 5.41) is 0. The van der Waals surface area contributed by atoms with Crippen molar-refractivity contribution in [2.75, 3.05) is 14.2 Å². The van der Waals surface area contributed by atoms with E-state index in [-0.39, 0.29) is 6.42 Å². The van der Waals surface area contributed by atoms with E-state index in [9.17, 15) is 9.59 Å². The second-order valence-electron chi connectivity index (χ2n) is 3.37. The number of amides is 1. The van der Waals surface area contributed by atoms with Crippen molar-refractivity contribution in [1.29, 1.82) is 0 Å². The van der Waals surface area contributed by atoms with E-state index in [1.54, 1.807) is 12.1 Å². The van der Waals surface area contributed by atoms with Crippen LogP contribution in [0.15, 0.2) is 12.1 Å². The monoisotopic (exact) mass is 247 g/mol. The van der Waals surface area contributed by atoms with Gasteiger partial charge in [0.25, 0.3) is 0 Å². The normalized spacial score (nSPS) is 9.00. The van der Waals surface area contributed by atoms with E-state index in [2.05, 4.69) is 11.8 Å². The van der Waals surface area contributed by atoms with Gasteiger partial charge in [0.05, 0.1) is 26.2 Å². The molecule has 18 heavy (non-hydrogen) atoms. The van der Waals surface area contributed by atoms with Crippen LogP contribution in [0.3, 0.4) is 0 Å². The number of hydrogen-bond acceptors (Lipinski definition) is 4. The summed E-state index contributed by atoms with van der Waals surface area (Å²) in [4.78, 5) is 21.4. The number of primary amides is 1. The lowest BCUT2D eigenvalue weighted by molar-refractivity contribution is -0.117. The Hall–Kier alpha value is -2.48. The van der Waals surface area contributed by atoms with Crippen LogP contribution in [0, 0.1) is 11.8 Å². The van der Waals surface area contributed by atoms with E-state index >= 15 is 0 Å². The molecule has 1 amide bonds. The summed E-state index contributed by atoms with van der Waals surface area (Å²) in [5.41, 5.74) is 5.87. The van der Waals surface area contributed by atoms with Gasteiger partial charge < -0.3 is 15.2 Å². The Morgan fingerprint density at radius 3 is 2.61 bits per heavy atom. The van der Waals surface area contributed by atoms with Crippen molar-refractivity contribution in [3.63, 3.8) is 0 Å². The average Bonchev–Trinajstić information content (AvgIpc) is 2.37. The summed E-state index contributed by atoms with van der Waals surface area (Å²) < 4.78 is 10.3. The first-order valence-corrected chi connectivity index (χ1v) is 5.10. The maximum absolute atomic E-state index is 10.8. The maximum atomic E-state index is 10.8. The molecule has 0 aliphatic heterocycles. The molecular weight excluding hydrogens is 234 g/mol. The highest BCUT2D eigenvalue weighted by Gasteiger charge is 2.10. The molecule has 0 radical (unpaired) electrons. The molecular formula is C13H13NO4. The number of benzene rings is 1. The van der Waals surface area contributed by atoms with Crippen molar-refractivity contribution in [3.05, 3.63) is 23.3 Å². The fourth-order valence-corrected chi connectivity index (χ4v) is 1.37. The van der Waals surface area contributed by atoms with E-state index in [4.69, 9.17) is 15.2 Å². The standard InChI is InChI=1S/C13H13NO4/c1-17-11-7-9(8-15)6-10(13(11)18-2)4-3-5-12(14)16/h6-8H,5H2,1-2H3,(H2,14,16). The van der Waals surface area contributed by atoms with Gasteiger partial charge in [0.1, 0.15) is 6.29 Å². The van der Waals surface area contributed by atoms with E-state index in [1.807, 2.05) is 0 Å². The molecule has 0 heterocycles. The molecule has 2 N–H and O–H groups in total. The zero-order chi connectivity index (χ0) is 13.5. The third kappa shape index (κ3) is 3.25. The van der Waals surface area contributed by atoms with Gasteiger partial charge in [-0.05, 0) is 12.1 Å². The summed E-state index contributed by atoms with van der Waals surface area (Å²) in [6, 6.07) is 3.10. The molecule has 94 valence electrons. The van der Waals surface area contributed by atoms with Gasteiger partial charge in [-0.25, -0.2) is 0 Å². The average molecular weight is 247 g/mol. The van der Waals surface area contributed by atoms with Crippen LogP contribution in [0.4, 0.5) is 0 Å². The summed E-state index contributed by atoms with van der Waals surface area (Å²) in [5.74, 6) is 5.64. The lowest BCUT2D eigenvalue weighted by atomic mass is 10.1. The van der Waals surface area contributed by atoms with Gasteiger partial charge in [-0.15, -0.1) is 0 Å². The molecule has 0 fully saturated rings. The molecule has 0 spiro atoms. The second-order valence-corrected chi connectivity index (χ2v) is 3.37. The SMILES string of the molecule is COc1cc(C=O)cc(C#CCC(N)=O)c1OC. The Balaban J connectivity index is 3.24. The fraction of sp³-hybridized carbons (Fsp3) is 0.231. The lowest BCUT2D eigenvalue weighted by Gasteiger charge is -2.10. The Morgan fingerprint density at radius 2 is 2.11 bits per heavy atom. The minimum absolute atomic E-state index is 0.0587. The molecule has 1 rings (SSSR count). The summed E-state index contributed by atoms with van der Waals surface area (Å²) >= 11 is 0. The van der Waals surface area contributed by atoms with E-state index in [0.29, 0.717) is 28.9 Å². The molecule has 0 bridgehead atoms. The predicted molar refractivity (Wildman–Crippen MR) is 65.6 cm³/mol. The van der Waals surface area contributed by atoms with Crippen LogP contribution in [0.5, 0.6) is 11.5 Å². The molecule has 0 aliphatic carbocycles. The highest BCUT2D eigenvalue weighted by Crippen LogP contribution is 2.31. The topological polar surface area (TPSA) is 78.6 Å². The Kier molecular flexibility index (Phi) is 4.76. The molecule has 1 aromatic carbocycles. The van der Waals surface area contributed by atoms with Gasteiger partial charge in [0.15, 0.2) is 11.5 Å². The Morgan fingerprint density at radius 1 is 1.39 bits per heavy atom. The van der Waals surface area contributed by atoms with Crippen LogP contribution < -0.4 is 15.2 Å². The van der Waals surface area contributed by atoms with E-state index in [0.717, 1.165) is 0 Å². The first-order chi connectivity index (χ1) is 8.62. The number of carbonyl (C=O) groups is 2. The van der Waals surface area contributed by atoms with Crippen LogP contribution in [-0.4, -0.2) is 26.4 Å². The van der Waals surface area contributed by atoms with Gasteiger partial charge >= 0.3 is 0 Å². The fourth-order valence-electron chi connectivity index (χ4n) is 1.37. The van der Waals surface area contributed by atoms with Gasteiger partial charge in [0.2, 0.25) is 5.91 Å². The molecule has 0 saturated heterocycles. The zero-order valence-electron chi connectivity index (χ0n) is 10.1. The third-order valence-electron chi connectivity index (χ3n) is 2.12.